The minimum absolute atomic E-state index is 0. The normalized spacial score (nSPS) is 12.3. The number of aromatic hydroxyl groups is 1. The van der Waals surface area contributed by atoms with Crippen LogP contribution < -0.4 is 0 Å². The SMILES string of the molecule is [2H]C([2H])([2H])c1cc(-n2c(-c3cc(C)cc(C)c3O)nc3c(-c4[c-]c(-c5cc(-c6ccccc6)ccn5)cc(-c5ccccc5)c4)cccc32)c(-c2ccc(C(C)(C)C)cc2)cc1-c1ccccc1.[Pt]. The molecule has 66 heavy (non-hydrogen) atoms. The summed E-state index contributed by atoms with van der Waals surface area (Å²) in [5.74, 6) is 0.580. The number of fused-ring (bicyclic) bond motifs is 1. The van der Waals surface area contributed by atoms with Crippen LogP contribution in [0.25, 0.3) is 95.0 Å². The van der Waals surface area contributed by atoms with E-state index in [-0.39, 0.29) is 37.8 Å². The second-order valence-electron chi connectivity index (χ2n) is 17.9. The van der Waals surface area contributed by atoms with E-state index in [2.05, 4.69) is 99.6 Å². The molecule has 0 aliphatic heterocycles. The van der Waals surface area contributed by atoms with E-state index < -0.39 is 6.85 Å². The second-order valence-corrected chi connectivity index (χ2v) is 17.9. The summed E-state index contributed by atoms with van der Waals surface area (Å²) in [6, 6.07) is 64.8. The van der Waals surface area contributed by atoms with Gasteiger partial charge >= 0.3 is 0 Å². The van der Waals surface area contributed by atoms with Gasteiger partial charge in [-0.2, -0.15) is 0 Å². The molecule has 0 spiro atoms. The first-order valence-corrected chi connectivity index (χ1v) is 22.0. The van der Waals surface area contributed by atoms with E-state index in [9.17, 15) is 5.11 Å². The number of pyridine rings is 1. The summed E-state index contributed by atoms with van der Waals surface area (Å²) < 4.78 is 29.0. The largest absolute Gasteiger partial charge is 0.507 e. The minimum Gasteiger partial charge on any atom is -0.507 e. The molecule has 326 valence electrons. The molecule has 0 saturated carbocycles. The van der Waals surface area contributed by atoms with Gasteiger partial charge in [0.1, 0.15) is 11.6 Å². The van der Waals surface area contributed by atoms with Crippen LogP contribution in [-0.2, 0) is 26.5 Å². The summed E-state index contributed by atoms with van der Waals surface area (Å²) in [7, 11) is 0. The molecule has 0 aliphatic rings. The number of para-hydroxylation sites is 1. The van der Waals surface area contributed by atoms with E-state index in [1.807, 2.05) is 134 Å². The molecule has 0 aliphatic carbocycles. The Hall–Kier alpha value is -7.13. The third-order valence-electron chi connectivity index (χ3n) is 12.3. The molecule has 0 amide bonds. The van der Waals surface area contributed by atoms with E-state index in [4.69, 9.17) is 14.1 Å². The fraction of sp³-hybridized carbons (Fsp3) is 0.115. The van der Waals surface area contributed by atoms with Crippen molar-refractivity contribution in [2.75, 3.05) is 0 Å². The Kier molecular flexibility index (Phi) is 11.0. The summed E-state index contributed by atoms with van der Waals surface area (Å²) >= 11 is 0. The van der Waals surface area contributed by atoms with Crippen LogP contribution in [0.5, 0.6) is 5.75 Å². The summed E-state index contributed by atoms with van der Waals surface area (Å²) in [5, 5.41) is 12.0. The Morgan fingerprint density at radius 3 is 1.85 bits per heavy atom. The van der Waals surface area contributed by atoms with Gasteiger partial charge in [0.2, 0.25) is 0 Å². The number of rotatable bonds is 8. The number of imidazole rings is 1. The molecule has 10 aromatic rings. The number of hydrogen-bond donors (Lipinski definition) is 1. The minimum atomic E-state index is -2.48. The van der Waals surface area contributed by atoms with Crippen LogP contribution in [0.3, 0.4) is 0 Å². The number of phenolic OH excluding ortho intramolecular Hbond substituents is 1. The molecule has 0 fully saturated rings. The topological polar surface area (TPSA) is 50.9 Å². The van der Waals surface area contributed by atoms with Gasteiger partial charge < -0.3 is 5.11 Å². The molecule has 8 aromatic carbocycles. The number of aryl methyl sites for hydroxylation is 3. The number of nitrogens with zero attached hydrogens (tertiary/aromatic N) is 3. The van der Waals surface area contributed by atoms with Crippen molar-refractivity contribution in [2.45, 2.75) is 46.9 Å². The molecule has 4 nitrogen and oxygen atoms in total. The first kappa shape index (κ1) is 40.4. The van der Waals surface area contributed by atoms with Crippen molar-refractivity contribution in [3.05, 3.63) is 217 Å². The Balaban J connectivity index is 0.00000593. The Labute approximate surface area is 406 Å². The monoisotopic (exact) mass is 1040 g/mol. The number of phenols is 1. The van der Waals surface area contributed by atoms with Gasteiger partial charge in [0.25, 0.3) is 0 Å². The fourth-order valence-electron chi connectivity index (χ4n) is 8.92. The maximum Gasteiger partial charge on any atom is 0.148 e. The molecule has 5 heteroatoms. The van der Waals surface area contributed by atoms with E-state index in [1.54, 1.807) is 0 Å². The van der Waals surface area contributed by atoms with Gasteiger partial charge in [-0.25, -0.2) is 4.98 Å². The van der Waals surface area contributed by atoms with Crippen molar-refractivity contribution in [2.24, 2.45) is 0 Å². The molecular weight excluding hydrogens is 986 g/mol. The van der Waals surface area contributed by atoms with Crippen molar-refractivity contribution >= 4 is 11.0 Å². The molecule has 1 N–H and O–H groups in total. The van der Waals surface area contributed by atoms with E-state index >= 15 is 0 Å². The van der Waals surface area contributed by atoms with E-state index in [1.165, 1.54) is 5.56 Å². The first-order chi connectivity index (χ1) is 32.7. The van der Waals surface area contributed by atoms with Gasteiger partial charge in [-0.1, -0.05) is 177 Å². The average Bonchev–Trinajstić information content (AvgIpc) is 3.74. The molecule has 0 unspecified atom stereocenters. The van der Waals surface area contributed by atoms with Crippen LogP contribution in [0.2, 0.25) is 0 Å². The Morgan fingerprint density at radius 1 is 0.545 bits per heavy atom. The maximum atomic E-state index is 12.0. The standard InChI is InChI=1S/C61H50N3O.Pt/c1-39-31-41(3)59(65)54(32-39)60-63-58-51(48-34-47(43-19-12-8-13-20-43)35-49(36-48)55-37-46(29-30-62-55)42-17-10-7-11-18-42)23-16-24-56(58)64(60)57-33-40(2)52(44-21-14-9-15-22-44)38-53(57)45-25-27-50(28-26-45)61(4,5)6;/h7-35,37-38,65H,1-6H3;/q-1;/i2D3;. The van der Waals surface area contributed by atoms with Gasteiger partial charge in [-0.05, 0) is 112 Å². The van der Waals surface area contributed by atoms with Gasteiger partial charge in [0, 0.05) is 42.6 Å². The van der Waals surface area contributed by atoms with Crippen molar-refractivity contribution in [1.82, 2.24) is 14.5 Å². The maximum absolute atomic E-state index is 12.0. The van der Waals surface area contributed by atoms with Gasteiger partial charge in [-0.15, -0.1) is 23.8 Å². The van der Waals surface area contributed by atoms with Gasteiger partial charge in [0.05, 0.1) is 22.3 Å². The van der Waals surface area contributed by atoms with Crippen molar-refractivity contribution in [3.63, 3.8) is 0 Å². The fourth-order valence-corrected chi connectivity index (χ4v) is 8.92. The van der Waals surface area contributed by atoms with Crippen LogP contribution >= 0.6 is 0 Å². The van der Waals surface area contributed by atoms with Gasteiger partial charge in [-0.3, -0.25) is 9.55 Å². The second kappa shape index (κ2) is 18.0. The van der Waals surface area contributed by atoms with Crippen LogP contribution in [0.1, 0.15) is 47.1 Å². The van der Waals surface area contributed by atoms with Crippen molar-refractivity contribution in [3.8, 4) is 89.7 Å². The molecule has 10 rings (SSSR count). The summed E-state index contributed by atoms with van der Waals surface area (Å²) in [6.07, 6.45) is 1.84. The molecule has 2 aromatic heterocycles. The van der Waals surface area contributed by atoms with E-state index in [0.717, 1.165) is 72.4 Å². The number of hydrogen-bond acceptors (Lipinski definition) is 3. The van der Waals surface area contributed by atoms with Crippen LogP contribution in [0, 0.1) is 26.8 Å². The predicted molar refractivity (Wildman–Crippen MR) is 270 cm³/mol. The van der Waals surface area contributed by atoms with E-state index in [0.29, 0.717) is 33.7 Å². The smallest absolute Gasteiger partial charge is 0.148 e. The third kappa shape index (κ3) is 8.46. The molecule has 0 atom stereocenters. The number of aromatic nitrogens is 3. The molecule has 0 saturated heterocycles. The zero-order valence-corrected chi connectivity index (χ0v) is 39.8. The summed E-state index contributed by atoms with van der Waals surface area (Å²) in [6.45, 7) is 7.99. The van der Waals surface area contributed by atoms with Gasteiger partial charge in [0.15, 0.2) is 0 Å². The zero-order valence-electron chi connectivity index (χ0n) is 40.5. The van der Waals surface area contributed by atoms with Crippen molar-refractivity contribution in [1.29, 1.82) is 0 Å². The van der Waals surface area contributed by atoms with Crippen molar-refractivity contribution < 1.29 is 30.3 Å². The quantitative estimate of drug-likeness (QED) is 0.154. The summed E-state index contributed by atoms with van der Waals surface area (Å²) in [4.78, 5) is 10.4. The first-order valence-electron chi connectivity index (χ1n) is 23.5. The van der Waals surface area contributed by atoms with Crippen LogP contribution in [0.4, 0.5) is 0 Å². The molecule has 0 bridgehead atoms. The molecular formula is C61H50N3OPt-. The third-order valence-corrected chi connectivity index (χ3v) is 12.3. The average molecular weight is 1040 g/mol. The molecule has 0 radical (unpaired) electrons. The molecule has 2 heterocycles. The van der Waals surface area contributed by atoms with Crippen LogP contribution in [-0.4, -0.2) is 19.6 Å². The predicted octanol–water partition coefficient (Wildman–Crippen LogP) is 15.8. The number of benzene rings is 8. The summed E-state index contributed by atoms with van der Waals surface area (Å²) in [5.41, 5.74) is 16.1. The van der Waals surface area contributed by atoms with Crippen LogP contribution in [0.15, 0.2) is 188 Å². The Bertz CT molecular complexity index is 3490. The zero-order chi connectivity index (χ0) is 47.3. The Morgan fingerprint density at radius 2 is 1.18 bits per heavy atom.